The lowest BCUT2D eigenvalue weighted by Gasteiger charge is -2.21. The van der Waals surface area contributed by atoms with E-state index in [1.807, 2.05) is 11.8 Å². The molecule has 80 valence electrons. The van der Waals surface area contributed by atoms with Gasteiger partial charge in [0.2, 0.25) is 5.91 Å². The molecule has 0 radical (unpaired) electrons. The summed E-state index contributed by atoms with van der Waals surface area (Å²) in [5.41, 5.74) is 0. The normalized spacial score (nSPS) is 20.1. The van der Waals surface area contributed by atoms with Gasteiger partial charge in [0.05, 0.1) is 0 Å². The molecule has 1 fully saturated rings. The summed E-state index contributed by atoms with van der Waals surface area (Å²) in [4.78, 5) is 22.0. The Kier molecular flexibility index (Phi) is 4.25. The Morgan fingerprint density at radius 1 is 1.43 bits per heavy atom. The number of thioether (sulfide) groups is 1. The topological polar surface area (TPSA) is 66.4 Å². The van der Waals surface area contributed by atoms with Crippen LogP contribution in [0.15, 0.2) is 0 Å². The number of carboxylic acids is 1. The molecule has 1 atom stereocenters. The number of carbonyl (C=O) groups is 2. The fourth-order valence-corrected chi connectivity index (χ4v) is 2.46. The van der Waals surface area contributed by atoms with Gasteiger partial charge in [-0.05, 0) is 31.3 Å². The van der Waals surface area contributed by atoms with E-state index in [2.05, 4.69) is 5.32 Å². The van der Waals surface area contributed by atoms with E-state index in [0.717, 1.165) is 24.3 Å². The SMILES string of the molecule is CC(NC(=O)C1CCSCC1)C(=O)O. The minimum absolute atomic E-state index is 0.0121. The van der Waals surface area contributed by atoms with Crippen molar-refractivity contribution in [2.45, 2.75) is 25.8 Å². The highest BCUT2D eigenvalue weighted by Gasteiger charge is 2.23. The van der Waals surface area contributed by atoms with E-state index in [0.29, 0.717) is 0 Å². The summed E-state index contributed by atoms with van der Waals surface area (Å²) in [6.07, 6.45) is 1.73. The van der Waals surface area contributed by atoms with Crippen molar-refractivity contribution in [3.63, 3.8) is 0 Å². The van der Waals surface area contributed by atoms with Crippen molar-refractivity contribution in [1.29, 1.82) is 0 Å². The first kappa shape index (κ1) is 11.4. The van der Waals surface area contributed by atoms with Crippen LogP contribution in [0.4, 0.5) is 0 Å². The minimum Gasteiger partial charge on any atom is -0.480 e. The maximum atomic E-state index is 11.5. The molecule has 1 aliphatic rings. The van der Waals surface area contributed by atoms with E-state index < -0.39 is 12.0 Å². The molecular formula is C9H15NO3S. The molecule has 0 bridgehead atoms. The monoisotopic (exact) mass is 217 g/mol. The van der Waals surface area contributed by atoms with Crippen LogP contribution in [0.2, 0.25) is 0 Å². The Hall–Kier alpha value is -0.710. The Morgan fingerprint density at radius 3 is 2.50 bits per heavy atom. The average Bonchev–Trinajstić information content (AvgIpc) is 2.19. The van der Waals surface area contributed by atoms with E-state index in [1.54, 1.807) is 0 Å². The second-order valence-corrected chi connectivity index (χ2v) is 4.68. The molecule has 0 aromatic heterocycles. The van der Waals surface area contributed by atoms with E-state index in [4.69, 9.17) is 5.11 Å². The molecule has 1 rings (SSSR count). The molecule has 14 heavy (non-hydrogen) atoms. The number of rotatable bonds is 3. The molecule has 0 aliphatic carbocycles. The molecule has 0 saturated carbocycles. The van der Waals surface area contributed by atoms with Crippen LogP contribution in [0.25, 0.3) is 0 Å². The molecule has 1 amide bonds. The van der Waals surface area contributed by atoms with E-state index in [-0.39, 0.29) is 11.8 Å². The predicted octanol–water partition coefficient (Wildman–Crippen LogP) is 0.719. The van der Waals surface area contributed by atoms with Crippen LogP contribution in [0, 0.1) is 5.92 Å². The lowest BCUT2D eigenvalue weighted by molar-refractivity contribution is -0.142. The van der Waals surface area contributed by atoms with Gasteiger partial charge in [-0.25, -0.2) is 0 Å². The fraction of sp³-hybridized carbons (Fsp3) is 0.778. The summed E-state index contributed by atoms with van der Waals surface area (Å²) in [5.74, 6) is 0.917. The number of hydrogen-bond donors (Lipinski definition) is 2. The maximum absolute atomic E-state index is 11.5. The molecule has 2 N–H and O–H groups in total. The summed E-state index contributed by atoms with van der Waals surface area (Å²) in [7, 11) is 0. The number of nitrogens with one attached hydrogen (secondary N) is 1. The summed E-state index contributed by atoms with van der Waals surface area (Å²) in [6, 6.07) is -0.780. The first-order chi connectivity index (χ1) is 6.61. The minimum atomic E-state index is -0.983. The van der Waals surface area contributed by atoms with E-state index in [1.165, 1.54) is 6.92 Å². The fourth-order valence-electron chi connectivity index (χ4n) is 1.35. The Balaban J connectivity index is 2.36. The van der Waals surface area contributed by atoms with Gasteiger partial charge in [0.25, 0.3) is 0 Å². The van der Waals surface area contributed by atoms with Crippen LogP contribution in [0.1, 0.15) is 19.8 Å². The van der Waals surface area contributed by atoms with Crippen LogP contribution in [0.3, 0.4) is 0 Å². The van der Waals surface area contributed by atoms with Gasteiger partial charge in [-0.3, -0.25) is 9.59 Å². The first-order valence-corrected chi connectivity index (χ1v) is 5.87. The molecule has 1 aliphatic heterocycles. The lowest BCUT2D eigenvalue weighted by Crippen LogP contribution is -2.42. The van der Waals surface area contributed by atoms with Gasteiger partial charge in [-0.1, -0.05) is 0 Å². The van der Waals surface area contributed by atoms with Crippen LogP contribution >= 0.6 is 11.8 Å². The highest BCUT2D eigenvalue weighted by molar-refractivity contribution is 7.99. The standard InChI is InChI=1S/C9H15NO3S/c1-6(9(12)13)10-8(11)7-2-4-14-5-3-7/h6-7H,2-5H2,1H3,(H,10,11)(H,12,13). The number of amides is 1. The van der Waals surface area contributed by atoms with Crippen LogP contribution in [-0.2, 0) is 9.59 Å². The highest BCUT2D eigenvalue weighted by atomic mass is 32.2. The van der Waals surface area contributed by atoms with Gasteiger partial charge in [0.15, 0.2) is 0 Å². The summed E-state index contributed by atoms with van der Waals surface area (Å²) in [5, 5.41) is 11.1. The van der Waals surface area contributed by atoms with Crippen LogP contribution < -0.4 is 5.32 Å². The van der Waals surface area contributed by atoms with Gasteiger partial charge in [-0.2, -0.15) is 11.8 Å². The Morgan fingerprint density at radius 2 is 2.00 bits per heavy atom. The van der Waals surface area contributed by atoms with Crippen molar-refractivity contribution in [3.8, 4) is 0 Å². The zero-order valence-electron chi connectivity index (χ0n) is 8.16. The average molecular weight is 217 g/mol. The maximum Gasteiger partial charge on any atom is 0.325 e. The molecule has 5 heteroatoms. The third-order valence-electron chi connectivity index (χ3n) is 2.32. The van der Waals surface area contributed by atoms with Crippen molar-refractivity contribution in [1.82, 2.24) is 5.32 Å². The number of hydrogen-bond acceptors (Lipinski definition) is 3. The van der Waals surface area contributed by atoms with Gasteiger partial charge >= 0.3 is 5.97 Å². The van der Waals surface area contributed by atoms with Gasteiger partial charge in [0, 0.05) is 5.92 Å². The second-order valence-electron chi connectivity index (χ2n) is 3.46. The van der Waals surface area contributed by atoms with Gasteiger partial charge in [0.1, 0.15) is 6.04 Å². The number of carbonyl (C=O) groups excluding carboxylic acids is 1. The Labute approximate surface area is 87.4 Å². The second kappa shape index (κ2) is 5.24. The Bertz CT molecular complexity index is 226. The van der Waals surface area contributed by atoms with E-state index >= 15 is 0 Å². The molecule has 1 heterocycles. The van der Waals surface area contributed by atoms with Gasteiger partial charge < -0.3 is 10.4 Å². The van der Waals surface area contributed by atoms with Crippen molar-refractivity contribution >= 4 is 23.6 Å². The third-order valence-corrected chi connectivity index (χ3v) is 3.37. The smallest absolute Gasteiger partial charge is 0.325 e. The molecule has 0 aromatic carbocycles. The highest BCUT2D eigenvalue weighted by Crippen LogP contribution is 2.22. The summed E-state index contributed by atoms with van der Waals surface area (Å²) in [6.45, 7) is 1.48. The molecule has 0 spiro atoms. The van der Waals surface area contributed by atoms with Crippen molar-refractivity contribution < 1.29 is 14.7 Å². The summed E-state index contributed by atoms with van der Waals surface area (Å²) >= 11 is 1.84. The molecule has 0 aromatic rings. The first-order valence-electron chi connectivity index (χ1n) is 4.72. The molecule has 1 saturated heterocycles. The number of aliphatic carboxylic acids is 1. The number of carboxylic acid groups (broad SMARTS) is 1. The van der Waals surface area contributed by atoms with Crippen LogP contribution in [-0.4, -0.2) is 34.5 Å². The quantitative estimate of drug-likeness (QED) is 0.731. The predicted molar refractivity (Wildman–Crippen MR) is 55.3 cm³/mol. The van der Waals surface area contributed by atoms with Crippen molar-refractivity contribution in [3.05, 3.63) is 0 Å². The van der Waals surface area contributed by atoms with Gasteiger partial charge in [-0.15, -0.1) is 0 Å². The summed E-state index contributed by atoms with van der Waals surface area (Å²) < 4.78 is 0. The van der Waals surface area contributed by atoms with Crippen molar-refractivity contribution in [2.75, 3.05) is 11.5 Å². The largest absolute Gasteiger partial charge is 0.480 e. The van der Waals surface area contributed by atoms with E-state index in [9.17, 15) is 9.59 Å². The van der Waals surface area contributed by atoms with Crippen LogP contribution in [0.5, 0.6) is 0 Å². The third kappa shape index (κ3) is 3.21. The molecule has 1 unspecified atom stereocenters. The molecule has 4 nitrogen and oxygen atoms in total. The molecular weight excluding hydrogens is 202 g/mol. The zero-order chi connectivity index (χ0) is 10.6. The zero-order valence-corrected chi connectivity index (χ0v) is 8.97. The van der Waals surface area contributed by atoms with Crippen molar-refractivity contribution in [2.24, 2.45) is 5.92 Å². The lowest BCUT2D eigenvalue weighted by atomic mass is 10.0.